The quantitative estimate of drug-likeness (QED) is 0.706. The van der Waals surface area contributed by atoms with Gasteiger partial charge in [-0.2, -0.15) is 0 Å². The molecule has 6 nitrogen and oxygen atoms in total. The minimum absolute atomic E-state index is 0.202. The fourth-order valence-corrected chi connectivity index (χ4v) is 2.46. The number of nitrogens with one attached hydrogen (secondary N) is 2. The van der Waals surface area contributed by atoms with Crippen LogP contribution in [0.1, 0.15) is 26.5 Å². The molecule has 0 fully saturated rings. The second-order valence-electron chi connectivity index (χ2n) is 5.56. The Kier molecular flexibility index (Phi) is 5.46. The molecular formula is C20H18N2O4. The predicted octanol–water partition coefficient (Wildman–Crippen LogP) is 3.93. The van der Waals surface area contributed by atoms with Gasteiger partial charge in [-0.15, -0.1) is 0 Å². The molecule has 0 saturated carbocycles. The van der Waals surface area contributed by atoms with Crippen LogP contribution in [0.15, 0.2) is 71.3 Å². The number of para-hydroxylation sites is 1. The summed E-state index contributed by atoms with van der Waals surface area (Å²) in [7, 11) is 1.60. The highest BCUT2D eigenvalue weighted by molar-refractivity contribution is 6.06. The third-order valence-electron chi connectivity index (χ3n) is 3.69. The van der Waals surface area contributed by atoms with Crippen molar-refractivity contribution in [3.63, 3.8) is 0 Å². The molecular weight excluding hydrogens is 332 g/mol. The zero-order valence-electron chi connectivity index (χ0n) is 14.2. The largest absolute Gasteiger partial charge is 0.459 e. The Bertz CT molecular complexity index is 904. The molecule has 0 radical (unpaired) electrons. The van der Waals surface area contributed by atoms with Crippen LogP contribution in [0.2, 0.25) is 0 Å². The van der Waals surface area contributed by atoms with Crippen molar-refractivity contribution in [2.45, 2.75) is 6.61 Å². The number of rotatable bonds is 6. The van der Waals surface area contributed by atoms with Gasteiger partial charge in [0.1, 0.15) is 0 Å². The van der Waals surface area contributed by atoms with E-state index in [9.17, 15) is 9.59 Å². The van der Waals surface area contributed by atoms with Crippen molar-refractivity contribution in [3.05, 3.63) is 83.8 Å². The summed E-state index contributed by atoms with van der Waals surface area (Å²) in [5.74, 6) is -0.450. The van der Waals surface area contributed by atoms with Crippen molar-refractivity contribution in [1.82, 2.24) is 0 Å². The first kappa shape index (κ1) is 17.4. The molecule has 2 aromatic carbocycles. The molecule has 1 heterocycles. The van der Waals surface area contributed by atoms with E-state index >= 15 is 0 Å². The summed E-state index contributed by atoms with van der Waals surface area (Å²) in [6, 6.07) is 17.3. The highest BCUT2D eigenvalue weighted by Crippen LogP contribution is 2.18. The zero-order valence-corrected chi connectivity index (χ0v) is 14.2. The van der Waals surface area contributed by atoms with E-state index in [-0.39, 0.29) is 17.6 Å². The molecule has 0 bridgehead atoms. The highest BCUT2D eigenvalue weighted by atomic mass is 16.5. The Morgan fingerprint density at radius 2 is 1.81 bits per heavy atom. The van der Waals surface area contributed by atoms with Crippen LogP contribution in [0, 0.1) is 0 Å². The van der Waals surface area contributed by atoms with Crippen molar-refractivity contribution < 1.29 is 18.7 Å². The van der Waals surface area contributed by atoms with Gasteiger partial charge in [0, 0.05) is 29.6 Å². The summed E-state index contributed by atoms with van der Waals surface area (Å²) in [5, 5.41) is 5.57. The van der Waals surface area contributed by atoms with Gasteiger partial charge in [-0.25, -0.2) is 0 Å². The maximum absolute atomic E-state index is 12.6. The molecule has 0 spiro atoms. The number of furan rings is 1. The Morgan fingerprint density at radius 1 is 0.962 bits per heavy atom. The molecule has 0 saturated heterocycles. The molecule has 0 aliphatic carbocycles. The summed E-state index contributed by atoms with van der Waals surface area (Å²) in [5.41, 5.74) is 2.49. The smallest absolute Gasteiger partial charge is 0.291 e. The van der Waals surface area contributed by atoms with Crippen LogP contribution < -0.4 is 10.6 Å². The summed E-state index contributed by atoms with van der Waals surface area (Å²) in [6.45, 7) is 0.399. The molecule has 6 heteroatoms. The van der Waals surface area contributed by atoms with E-state index in [1.807, 2.05) is 24.3 Å². The Labute approximate surface area is 150 Å². The Morgan fingerprint density at radius 3 is 2.58 bits per heavy atom. The minimum Gasteiger partial charge on any atom is -0.459 e. The summed E-state index contributed by atoms with van der Waals surface area (Å²) >= 11 is 0. The number of carbonyl (C=O) groups is 2. The van der Waals surface area contributed by atoms with Gasteiger partial charge < -0.3 is 19.8 Å². The van der Waals surface area contributed by atoms with Crippen molar-refractivity contribution in [1.29, 1.82) is 0 Å². The Hall–Kier alpha value is -3.38. The lowest BCUT2D eigenvalue weighted by Crippen LogP contribution is -2.15. The zero-order chi connectivity index (χ0) is 18.4. The van der Waals surface area contributed by atoms with Crippen LogP contribution in [-0.4, -0.2) is 18.9 Å². The normalized spacial score (nSPS) is 10.3. The van der Waals surface area contributed by atoms with Gasteiger partial charge in [0.2, 0.25) is 0 Å². The summed E-state index contributed by atoms with van der Waals surface area (Å²) in [4.78, 5) is 24.6. The number of ether oxygens (including phenoxy) is 1. The van der Waals surface area contributed by atoms with E-state index < -0.39 is 0 Å². The number of carbonyl (C=O) groups excluding carboxylic acids is 2. The van der Waals surface area contributed by atoms with E-state index in [1.165, 1.54) is 6.26 Å². The maximum atomic E-state index is 12.6. The molecule has 3 aromatic rings. The van der Waals surface area contributed by atoms with E-state index in [0.717, 1.165) is 5.56 Å². The van der Waals surface area contributed by atoms with E-state index in [0.29, 0.717) is 23.5 Å². The topological polar surface area (TPSA) is 80.6 Å². The van der Waals surface area contributed by atoms with E-state index in [1.54, 1.807) is 43.5 Å². The second kappa shape index (κ2) is 8.13. The molecule has 0 aliphatic heterocycles. The molecule has 2 amide bonds. The van der Waals surface area contributed by atoms with Crippen LogP contribution in [0.25, 0.3) is 0 Å². The van der Waals surface area contributed by atoms with Crippen molar-refractivity contribution >= 4 is 23.2 Å². The van der Waals surface area contributed by atoms with Crippen molar-refractivity contribution in [2.24, 2.45) is 0 Å². The number of amides is 2. The van der Waals surface area contributed by atoms with Crippen LogP contribution in [0.3, 0.4) is 0 Å². The molecule has 132 valence electrons. The van der Waals surface area contributed by atoms with Crippen LogP contribution in [-0.2, 0) is 11.3 Å². The minimum atomic E-state index is -0.377. The number of anilines is 2. The average molecular weight is 350 g/mol. The first-order chi connectivity index (χ1) is 12.7. The van der Waals surface area contributed by atoms with Gasteiger partial charge in [0.15, 0.2) is 5.76 Å². The number of hydrogen-bond acceptors (Lipinski definition) is 4. The van der Waals surface area contributed by atoms with Gasteiger partial charge in [0.05, 0.1) is 12.9 Å². The fraction of sp³-hybridized carbons (Fsp3) is 0.100. The Balaban J connectivity index is 1.73. The first-order valence-electron chi connectivity index (χ1n) is 8.00. The summed E-state index contributed by atoms with van der Waals surface area (Å²) < 4.78 is 10.2. The fourth-order valence-electron chi connectivity index (χ4n) is 2.46. The molecule has 0 atom stereocenters. The lowest BCUT2D eigenvalue weighted by molar-refractivity contribution is 0.0993. The lowest BCUT2D eigenvalue weighted by atomic mass is 10.1. The second-order valence-corrected chi connectivity index (χ2v) is 5.56. The van der Waals surface area contributed by atoms with Crippen molar-refractivity contribution in [2.75, 3.05) is 17.7 Å². The first-order valence-corrected chi connectivity index (χ1v) is 8.00. The molecule has 0 aliphatic rings. The van der Waals surface area contributed by atoms with Gasteiger partial charge >= 0.3 is 0 Å². The third kappa shape index (κ3) is 4.17. The third-order valence-corrected chi connectivity index (χ3v) is 3.69. The SMILES string of the molecule is COCc1ccccc1NC(=O)c1cccc(NC(=O)c2ccco2)c1. The van der Waals surface area contributed by atoms with Gasteiger partial charge in [-0.05, 0) is 36.4 Å². The van der Waals surface area contributed by atoms with Gasteiger partial charge in [-0.1, -0.05) is 24.3 Å². The van der Waals surface area contributed by atoms with E-state index in [2.05, 4.69) is 10.6 Å². The van der Waals surface area contributed by atoms with Gasteiger partial charge in [0.25, 0.3) is 11.8 Å². The van der Waals surface area contributed by atoms with Crippen LogP contribution in [0.4, 0.5) is 11.4 Å². The molecule has 3 rings (SSSR count). The van der Waals surface area contributed by atoms with Crippen LogP contribution >= 0.6 is 0 Å². The molecule has 2 N–H and O–H groups in total. The maximum Gasteiger partial charge on any atom is 0.291 e. The number of methoxy groups -OCH3 is 1. The van der Waals surface area contributed by atoms with Crippen LogP contribution in [0.5, 0.6) is 0 Å². The van der Waals surface area contributed by atoms with Gasteiger partial charge in [-0.3, -0.25) is 9.59 Å². The van der Waals surface area contributed by atoms with Crippen molar-refractivity contribution in [3.8, 4) is 0 Å². The predicted molar refractivity (Wildman–Crippen MR) is 98.2 cm³/mol. The monoisotopic (exact) mass is 350 g/mol. The average Bonchev–Trinajstić information content (AvgIpc) is 3.19. The standard InChI is InChI=1S/C20H18N2O4/c1-25-13-15-6-2-3-9-17(15)22-19(23)14-7-4-8-16(12-14)21-20(24)18-10-5-11-26-18/h2-12H,13H2,1H3,(H,21,24)(H,22,23). The molecule has 1 aromatic heterocycles. The number of hydrogen-bond donors (Lipinski definition) is 2. The van der Waals surface area contributed by atoms with E-state index in [4.69, 9.17) is 9.15 Å². The molecule has 26 heavy (non-hydrogen) atoms. The summed E-state index contributed by atoms with van der Waals surface area (Å²) in [6.07, 6.45) is 1.43. The number of benzene rings is 2. The molecule has 0 unspecified atom stereocenters. The lowest BCUT2D eigenvalue weighted by Gasteiger charge is -2.11. The highest BCUT2D eigenvalue weighted by Gasteiger charge is 2.12.